The number of halogens is 1. The van der Waals surface area contributed by atoms with Crippen molar-refractivity contribution in [1.82, 2.24) is 0 Å². The predicted molar refractivity (Wildman–Crippen MR) is 79.0 cm³/mol. The van der Waals surface area contributed by atoms with Crippen LogP contribution >= 0.6 is 15.9 Å². The number of hydrogen-bond donors (Lipinski definition) is 1. The Morgan fingerprint density at radius 3 is 2.57 bits per heavy atom. The first kappa shape index (κ1) is 15.0. The van der Waals surface area contributed by atoms with Crippen LogP contribution < -0.4 is 4.74 Å². The largest absolute Gasteiger partial charge is 0.478 e. The molecule has 2 aromatic carbocycles. The second kappa shape index (κ2) is 5.92. The van der Waals surface area contributed by atoms with E-state index in [9.17, 15) is 14.9 Å². The van der Waals surface area contributed by atoms with Gasteiger partial charge in [-0.1, -0.05) is 12.1 Å². The lowest BCUT2D eigenvalue weighted by atomic mass is 10.2. The lowest BCUT2D eigenvalue weighted by molar-refractivity contribution is -0.385. The molecule has 0 aromatic heterocycles. The molecule has 0 saturated heterocycles. The molecule has 7 heteroatoms. The van der Waals surface area contributed by atoms with E-state index in [4.69, 9.17) is 9.84 Å². The van der Waals surface area contributed by atoms with Gasteiger partial charge in [0.1, 0.15) is 17.1 Å². The molecule has 0 heterocycles. The molecule has 0 aliphatic heterocycles. The summed E-state index contributed by atoms with van der Waals surface area (Å²) in [6, 6.07) is 8.99. The van der Waals surface area contributed by atoms with Crippen molar-refractivity contribution in [2.75, 3.05) is 0 Å². The van der Waals surface area contributed by atoms with E-state index in [1.165, 1.54) is 24.3 Å². The maximum Gasteiger partial charge on any atom is 0.339 e. The van der Waals surface area contributed by atoms with Crippen LogP contribution in [0.1, 0.15) is 15.9 Å². The minimum absolute atomic E-state index is 0.0143. The number of aryl methyl sites for hydroxylation is 1. The number of ether oxygens (including phenoxy) is 1. The third kappa shape index (κ3) is 3.19. The molecule has 0 aliphatic rings. The molecule has 2 aromatic rings. The number of carbonyl (C=O) groups is 1. The van der Waals surface area contributed by atoms with Crippen molar-refractivity contribution >= 4 is 27.6 Å². The Balaban J connectivity index is 2.44. The topological polar surface area (TPSA) is 89.7 Å². The Hall–Kier alpha value is -2.41. The Bertz CT molecular complexity index is 729. The van der Waals surface area contributed by atoms with Crippen molar-refractivity contribution in [1.29, 1.82) is 0 Å². The molecule has 108 valence electrons. The molecule has 0 amide bonds. The third-order valence-corrected chi connectivity index (χ3v) is 3.40. The summed E-state index contributed by atoms with van der Waals surface area (Å²) in [5.41, 5.74) is 0.396. The number of nitrogens with zero attached hydrogens (tertiary/aromatic N) is 1. The van der Waals surface area contributed by atoms with E-state index in [0.717, 1.165) is 0 Å². The fourth-order valence-corrected chi connectivity index (χ4v) is 2.18. The number of hydrogen-bond acceptors (Lipinski definition) is 4. The fourth-order valence-electron chi connectivity index (χ4n) is 1.77. The first-order valence-corrected chi connectivity index (χ1v) is 6.64. The number of para-hydroxylation sites is 1. The van der Waals surface area contributed by atoms with Gasteiger partial charge in [-0.25, -0.2) is 4.79 Å². The summed E-state index contributed by atoms with van der Waals surface area (Å²) < 4.78 is 5.94. The van der Waals surface area contributed by atoms with Crippen LogP contribution in [-0.4, -0.2) is 16.0 Å². The van der Waals surface area contributed by atoms with Crippen molar-refractivity contribution in [2.24, 2.45) is 0 Å². The summed E-state index contributed by atoms with van der Waals surface area (Å²) in [5.74, 6) is -0.633. The van der Waals surface area contributed by atoms with Crippen molar-refractivity contribution in [2.45, 2.75) is 6.92 Å². The van der Waals surface area contributed by atoms with Crippen LogP contribution in [-0.2, 0) is 0 Å². The summed E-state index contributed by atoms with van der Waals surface area (Å²) in [5, 5.41) is 20.0. The summed E-state index contributed by atoms with van der Waals surface area (Å²) in [6.45, 7) is 1.58. The molecule has 0 fully saturated rings. The third-order valence-electron chi connectivity index (χ3n) is 2.78. The fraction of sp³-hybridized carbons (Fsp3) is 0.0714. The van der Waals surface area contributed by atoms with Gasteiger partial charge in [0.15, 0.2) is 0 Å². The Kier molecular flexibility index (Phi) is 4.23. The maximum atomic E-state index is 11.1. The minimum atomic E-state index is -1.11. The molecule has 21 heavy (non-hydrogen) atoms. The molecule has 0 radical (unpaired) electrons. The average molecular weight is 352 g/mol. The highest BCUT2D eigenvalue weighted by Gasteiger charge is 2.17. The number of benzene rings is 2. The maximum absolute atomic E-state index is 11.1. The summed E-state index contributed by atoms with van der Waals surface area (Å²) >= 11 is 3.19. The molecular weight excluding hydrogens is 342 g/mol. The van der Waals surface area contributed by atoms with E-state index in [-0.39, 0.29) is 17.0 Å². The van der Waals surface area contributed by atoms with Gasteiger partial charge in [0.2, 0.25) is 0 Å². The summed E-state index contributed by atoms with van der Waals surface area (Å²) in [7, 11) is 0. The van der Waals surface area contributed by atoms with Gasteiger partial charge in [0.25, 0.3) is 5.69 Å². The Morgan fingerprint density at radius 2 is 1.95 bits per heavy atom. The van der Waals surface area contributed by atoms with Crippen LogP contribution in [0, 0.1) is 17.0 Å². The van der Waals surface area contributed by atoms with E-state index >= 15 is 0 Å². The van der Waals surface area contributed by atoms with Gasteiger partial charge >= 0.3 is 5.97 Å². The summed E-state index contributed by atoms with van der Waals surface area (Å²) in [4.78, 5) is 21.5. The van der Waals surface area contributed by atoms with Crippen LogP contribution in [0.4, 0.5) is 5.69 Å². The number of aromatic carboxylic acids is 1. The second-order valence-corrected chi connectivity index (χ2v) is 5.08. The van der Waals surface area contributed by atoms with E-state index in [1.807, 2.05) is 0 Å². The average Bonchev–Trinajstić information content (AvgIpc) is 2.42. The molecule has 6 nitrogen and oxygen atoms in total. The molecule has 1 N–H and O–H groups in total. The molecule has 0 spiro atoms. The van der Waals surface area contributed by atoms with Gasteiger partial charge in [-0.2, -0.15) is 0 Å². The first-order valence-electron chi connectivity index (χ1n) is 5.85. The number of nitro groups is 1. The van der Waals surface area contributed by atoms with E-state index < -0.39 is 10.9 Å². The van der Waals surface area contributed by atoms with Crippen molar-refractivity contribution in [3.63, 3.8) is 0 Å². The van der Waals surface area contributed by atoms with Crippen LogP contribution in [0.15, 0.2) is 40.9 Å². The van der Waals surface area contributed by atoms with Crippen molar-refractivity contribution in [3.8, 4) is 11.5 Å². The van der Waals surface area contributed by atoms with Gasteiger partial charge in [0.05, 0.1) is 9.40 Å². The highest BCUT2D eigenvalue weighted by atomic mass is 79.9. The van der Waals surface area contributed by atoms with Crippen molar-refractivity contribution in [3.05, 3.63) is 62.1 Å². The zero-order valence-corrected chi connectivity index (χ0v) is 12.5. The van der Waals surface area contributed by atoms with Crippen molar-refractivity contribution < 1.29 is 19.6 Å². The molecular formula is C14H10BrNO5. The lowest BCUT2D eigenvalue weighted by Crippen LogP contribution is -2.00. The highest BCUT2D eigenvalue weighted by Crippen LogP contribution is 2.36. The number of nitro benzene ring substituents is 1. The van der Waals surface area contributed by atoms with E-state index in [2.05, 4.69) is 15.9 Å². The van der Waals surface area contributed by atoms with E-state index in [1.54, 1.807) is 19.1 Å². The standard InChI is InChI=1S/C14H10BrNO5/c1-8-6-13(10(15)7-11(8)16(19)20)21-12-5-3-2-4-9(12)14(17)18/h2-7H,1H3,(H,17,18). The van der Waals surface area contributed by atoms with Gasteiger partial charge in [0, 0.05) is 11.6 Å². The number of carboxylic acids is 1. The SMILES string of the molecule is Cc1cc(Oc2ccccc2C(=O)O)c(Br)cc1[N+](=O)[O-]. The van der Waals surface area contributed by atoms with Crippen LogP contribution in [0.25, 0.3) is 0 Å². The molecule has 0 saturated carbocycles. The van der Waals surface area contributed by atoms with Gasteiger partial charge in [-0.15, -0.1) is 0 Å². The number of rotatable bonds is 4. The Morgan fingerprint density at radius 1 is 1.29 bits per heavy atom. The molecule has 0 aliphatic carbocycles. The van der Waals surface area contributed by atoms with E-state index in [0.29, 0.717) is 15.8 Å². The van der Waals surface area contributed by atoms with Crippen LogP contribution in [0.2, 0.25) is 0 Å². The zero-order chi connectivity index (χ0) is 15.6. The van der Waals surface area contributed by atoms with Gasteiger partial charge in [-0.3, -0.25) is 10.1 Å². The highest BCUT2D eigenvalue weighted by molar-refractivity contribution is 9.10. The first-order chi connectivity index (χ1) is 9.90. The predicted octanol–water partition coefficient (Wildman–Crippen LogP) is 4.16. The molecule has 0 atom stereocenters. The lowest BCUT2D eigenvalue weighted by Gasteiger charge is -2.11. The van der Waals surface area contributed by atoms with Crippen LogP contribution in [0.5, 0.6) is 11.5 Å². The molecule has 0 bridgehead atoms. The number of carboxylic acid groups (broad SMARTS) is 1. The Labute approximate surface area is 128 Å². The quantitative estimate of drug-likeness (QED) is 0.659. The minimum Gasteiger partial charge on any atom is -0.478 e. The molecule has 2 rings (SSSR count). The second-order valence-electron chi connectivity index (χ2n) is 4.23. The van der Waals surface area contributed by atoms with Gasteiger partial charge < -0.3 is 9.84 Å². The smallest absolute Gasteiger partial charge is 0.339 e. The zero-order valence-electron chi connectivity index (χ0n) is 10.9. The summed E-state index contributed by atoms with van der Waals surface area (Å²) in [6.07, 6.45) is 0. The van der Waals surface area contributed by atoms with Crippen LogP contribution in [0.3, 0.4) is 0 Å². The monoisotopic (exact) mass is 351 g/mol. The normalized spacial score (nSPS) is 10.2. The molecule has 0 unspecified atom stereocenters. The van der Waals surface area contributed by atoms with Gasteiger partial charge in [-0.05, 0) is 41.1 Å².